The maximum Gasteiger partial charge on any atom is 0.255 e. The Labute approximate surface area is 252 Å². The fourth-order valence-electron chi connectivity index (χ4n) is 7.39. The highest BCUT2D eigenvalue weighted by atomic mass is 16.3. The number of anilines is 1. The lowest BCUT2D eigenvalue weighted by Gasteiger charge is -2.50. The van der Waals surface area contributed by atoms with Gasteiger partial charge < -0.3 is 36.8 Å². The molecule has 1 unspecified atom stereocenters. The summed E-state index contributed by atoms with van der Waals surface area (Å²) < 4.78 is 0. The van der Waals surface area contributed by atoms with Gasteiger partial charge in [-0.2, -0.15) is 0 Å². The van der Waals surface area contributed by atoms with Crippen molar-refractivity contribution >= 4 is 29.1 Å². The Hall–Kier alpha value is -4.52. The highest BCUT2D eigenvalue weighted by molar-refractivity contribution is 6.25. The molecular weight excluding hydrogens is 568 g/mol. The van der Waals surface area contributed by atoms with Crippen molar-refractivity contribution in [2.75, 3.05) is 26.0 Å². The van der Waals surface area contributed by atoms with Gasteiger partial charge in [0, 0.05) is 17.2 Å². The fraction of sp³-hybridized carbons (Fsp3) is 0.375. The van der Waals surface area contributed by atoms with Crippen LogP contribution in [-0.4, -0.2) is 87.0 Å². The molecule has 2 amide bonds. The number of phenols is 1. The van der Waals surface area contributed by atoms with Crippen molar-refractivity contribution in [1.82, 2.24) is 10.2 Å². The number of rotatable bonds is 5. The largest absolute Gasteiger partial charge is 0.510 e. The topological polar surface area (TPSA) is 203 Å². The lowest BCUT2D eigenvalue weighted by atomic mass is 9.58. The minimum atomic E-state index is -2.69. The summed E-state index contributed by atoms with van der Waals surface area (Å²) >= 11 is 0. The van der Waals surface area contributed by atoms with Gasteiger partial charge >= 0.3 is 0 Å². The summed E-state index contributed by atoms with van der Waals surface area (Å²) in [6, 6.07) is 8.86. The Morgan fingerprint density at radius 1 is 1.07 bits per heavy atom. The third kappa shape index (κ3) is 4.32. The molecule has 44 heavy (non-hydrogen) atoms. The van der Waals surface area contributed by atoms with Gasteiger partial charge in [-0.15, -0.1) is 0 Å². The van der Waals surface area contributed by atoms with Crippen LogP contribution in [0.4, 0.5) is 5.69 Å². The fourth-order valence-corrected chi connectivity index (χ4v) is 7.39. The number of Topliss-reactive ketones (excluding diaryl/α,β-unsaturated/α-hetero) is 2. The molecule has 2 aromatic carbocycles. The first-order valence-electron chi connectivity index (χ1n) is 14.5. The van der Waals surface area contributed by atoms with Gasteiger partial charge in [-0.1, -0.05) is 18.2 Å². The zero-order valence-corrected chi connectivity index (χ0v) is 24.3. The van der Waals surface area contributed by atoms with Crippen LogP contribution < -0.4 is 16.4 Å². The van der Waals surface area contributed by atoms with E-state index in [0.29, 0.717) is 16.8 Å². The molecule has 230 valence electrons. The number of hydrogen-bond donors (Lipinski definition) is 7. The number of hydrogen-bond acceptors (Lipinski definition) is 10. The monoisotopic (exact) mass is 602 g/mol. The van der Waals surface area contributed by atoms with Gasteiger partial charge in [0.05, 0.1) is 17.6 Å². The molecule has 1 saturated heterocycles. The number of aromatic hydroxyl groups is 1. The quantitative estimate of drug-likeness (QED) is 0.246. The molecule has 1 fully saturated rings. The van der Waals surface area contributed by atoms with Gasteiger partial charge in [-0.25, -0.2) is 0 Å². The normalized spacial score (nSPS) is 28.1. The number of nitrogens with zero attached hydrogens (tertiary/aromatic N) is 1. The van der Waals surface area contributed by atoms with Crippen LogP contribution in [0.25, 0.3) is 11.1 Å². The molecule has 0 bridgehead atoms. The number of nitrogens with two attached hydrogens (primary N) is 1. The maximum absolute atomic E-state index is 14.0. The number of likely N-dealkylation sites (N-methyl/N-ethyl adjacent to an activating group) is 1. The van der Waals surface area contributed by atoms with Gasteiger partial charge in [-0.3, -0.25) is 24.1 Å². The lowest BCUT2D eigenvalue weighted by Crippen LogP contribution is -2.63. The van der Waals surface area contributed by atoms with Gasteiger partial charge in [0.1, 0.15) is 22.8 Å². The Bertz CT molecular complexity index is 1670. The first-order chi connectivity index (χ1) is 20.9. The predicted molar refractivity (Wildman–Crippen MR) is 159 cm³/mol. The highest BCUT2D eigenvalue weighted by Gasteiger charge is 2.63. The van der Waals surface area contributed by atoms with E-state index in [1.54, 1.807) is 44.4 Å². The van der Waals surface area contributed by atoms with E-state index in [1.807, 2.05) is 0 Å². The molecule has 1 heterocycles. The minimum absolute atomic E-state index is 0.00102. The van der Waals surface area contributed by atoms with Crippen molar-refractivity contribution in [2.24, 2.45) is 17.6 Å². The number of phenolic OH excluding ortho intramolecular Hbond substituents is 1. The van der Waals surface area contributed by atoms with Crippen molar-refractivity contribution in [3.8, 4) is 16.9 Å². The van der Waals surface area contributed by atoms with Crippen LogP contribution in [0.5, 0.6) is 5.75 Å². The molecule has 12 heteroatoms. The van der Waals surface area contributed by atoms with E-state index in [1.165, 1.54) is 11.0 Å². The number of carbonyl (C=O) groups is 4. The molecule has 8 N–H and O–H groups in total. The second-order valence-corrected chi connectivity index (χ2v) is 12.2. The zero-order valence-electron chi connectivity index (χ0n) is 24.3. The molecule has 2 aromatic rings. The third-order valence-electron chi connectivity index (χ3n) is 9.45. The molecule has 0 saturated carbocycles. The number of aliphatic hydroxyl groups is 3. The van der Waals surface area contributed by atoms with E-state index >= 15 is 0 Å². The average molecular weight is 603 g/mol. The van der Waals surface area contributed by atoms with Crippen molar-refractivity contribution < 1.29 is 39.6 Å². The lowest BCUT2D eigenvalue weighted by molar-refractivity contribution is -0.148. The second-order valence-electron chi connectivity index (χ2n) is 12.2. The number of nitrogens with one attached hydrogen (secondary N) is 2. The molecule has 0 spiro atoms. The number of aliphatic hydroxyl groups excluding tert-OH is 2. The number of benzene rings is 2. The molecule has 4 aliphatic rings. The second kappa shape index (κ2) is 10.6. The van der Waals surface area contributed by atoms with Crippen LogP contribution in [0.2, 0.25) is 0 Å². The summed E-state index contributed by atoms with van der Waals surface area (Å²) in [6.07, 6.45) is 1.88. The Morgan fingerprint density at radius 2 is 1.77 bits per heavy atom. The first-order valence-corrected chi connectivity index (χ1v) is 14.5. The summed E-state index contributed by atoms with van der Waals surface area (Å²) in [5, 5.41) is 51.0. The minimum Gasteiger partial charge on any atom is -0.510 e. The van der Waals surface area contributed by atoms with E-state index in [-0.39, 0.29) is 41.7 Å². The van der Waals surface area contributed by atoms with Gasteiger partial charge in [0.2, 0.25) is 11.7 Å². The predicted octanol–water partition coefficient (Wildman–Crippen LogP) is 1.48. The molecule has 3 aliphatic carbocycles. The van der Waals surface area contributed by atoms with E-state index in [4.69, 9.17) is 5.73 Å². The van der Waals surface area contributed by atoms with Crippen LogP contribution in [0.1, 0.15) is 35.2 Å². The molecule has 0 aromatic heterocycles. The molecule has 1 aliphatic heterocycles. The average Bonchev–Trinajstić information content (AvgIpc) is 3.51. The Kier molecular flexibility index (Phi) is 7.10. The summed E-state index contributed by atoms with van der Waals surface area (Å²) in [7, 11) is 3.17. The molecule has 6 rings (SSSR count). The number of amides is 2. The molecule has 5 atom stereocenters. The standard InChI is InChI=1S/C32H34N4O8/c1-36(2)25-19-13-15-12-18-17(14-5-7-16(8-6-14)35-31(43)20-4-3-11-34-20)9-10-21(37)23(18)26(38)22(15)28(40)32(19,44)29(41)24(27(25)39)30(33)42/h5-10,15,19-20,25,34,37,39-40,44H,3-4,11-13H2,1-2H3,(H2,33,42)(H,35,43)/t15-,19-,20?,25-,32-/m0/s1. The Morgan fingerprint density at radius 3 is 2.39 bits per heavy atom. The Balaban J connectivity index is 1.40. The van der Waals surface area contributed by atoms with Crippen molar-refractivity contribution in [3.63, 3.8) is 0 Å². The van der Waals surface area contributed by atoms with Crippen molar-refractivity contribution in [2.45, 2.75) is 43.4 Å². The summed E-state index contributed by atoms with van der Waals surface area (Å²) in [5.41, 5.74) is 4.09. The highest BCUT2D eigenvalue weighted by Crippen LogP contribution is 2.53. The SMILES string of the molecule is CN(C)[C@@H]1C(O)=C(C(N)=O)C(=O)[C@@]2(O)C(O)=C3C(=O)c4c(O)ccc(-c5ccc(NC(=O)C6CCCN6)cc5)c4C[C@H]3C[C@@H]12. The van der Waals surface area contributed by atoms with Crippen molar-refractivity contribution in [1.29, 1.82) is 0 Å². The van der Waals surface area contributed by atoms with E-state index in [2.05, 4.69) is 10.6 Å². The summed E-state index contributed by atoms with van der Waals surface area (Å²) in [4.78, 5) is 53.6. The summed E-state index contributed by atoms with van der Waals surface area (Å²) in [5.74, 6) is -7.04. The smallest absolute Gasteiger partial charge is 0.255 e. The van der Waals surface area contributed by atoms with Crippen LogP contribution in [-0.2, 0) is 20.8 Å². The van der Waals surface area contributed by atoms with E-state index in [0.717, 1.165) is 24.9 Å². The first kappa shape index (κ1) is 29.5. The molecule has 0 radical (unpaired) electrons. The molecule has 12 nitrogen and oxygen atoms in total. The molecular formula is C32H34N4O8. The van der Waals surface area contributed by atoms with Crippen LogP contribution in [0.3, 0.4) is 0 Å². The van der Waals surface area contributed by atoms with E-state index < -0.39 is 58.0 Å². The van der Waals surface area contributed by atoms with Crippen LogP contribution in [0, 0.1) is 11.8 Å². The van der Waals surface area contributed by atoms with Gasteiger partial charge in [0.15, 0.2) is 11.4 Å². The number of allylic oxidation sites excluding steroid dienone is 1. The van der Waals surface area contributed by atoms with Gasteiger partial charge in [0.25, 0.3) is 5.91 Å². The third-order valence-corrected chi connectivity index (χ3v) is 9.45. The maximum atomic E-state index is 14.0. The van der Waals surface area contributed by atoms with E-state index in [9.17, 15) is 39.6 Å². The van der Waals surface area contributed by atoms with Crippen LogP contribution >= 0.6 is 0 Å². The number of fused-ring (bicyclic) bond motifs is 3. The van der Waals surface area contributed by atoms with Crippen LogP contribution in [0.15, 0.2) is 59.1 Å². The van der Waals surface area contributed by atoms with Gasteiger partial charge in [-0.05, 0) is 87.1 Å². The summed E-state index contributed by atoms with van der Waals surface area (Å²) in [6.45, 7) is 0.801. The number of primary amides is 1. The number of carbonyl (C=O) groups excluding carboxylic acids is 4. The van der Waals surface area contributed by atoms with Crippen molar-refractivity contribution in [3.05, 3.63) is 70.2 Å². The zero-order chi connectivity index (χ0) is 31.7. The number of ketones is 2.